The highest BCUT2D eigenvalue weighted by atomic mass is 19.3. The maximum Gasteiger partial charge on any atom is 0.248 e. The molecule has 1 heterocycles. The molecule has 0 bridgehead atoms. The predicted molar refractivity (Wildman–Crippen MR) is 46.4 cm³/mol. The molecule has 84 valence electrons. The van der Waals surface area contributed by atoms with Crippen molar-refractivity contribution in [1.82, 2.24) is 10.1 Å². The first-order valence-corrected chi connectivity index (χ1v) is 4.92. The summed E-state index contributed by atoms with van der Waals surface area (Å²) in [5.41, 5.74) is 0. The van der Waals surface area contributed by atoms with Crippen molar-refractivity contribution < 1.29 is 18.4 Å². The van der Waals surface area contributed by atoms with E-state index >= 15 is 0 Å². The molecule has 1 fully saturated rings. The van der Waals surface area contributed by atoms with E-state index in [1.165, 1.54) is 0 Å². The number of alkyl halides is 2. The molecule has 1 aromatic heterocycles. The van der Waals surface area contributed by atoms with Crippen molar-refractivity contribution in [2.24, 2.45) is 0 Å². The van der Waals surface area contributed by atoms with Gasteiger partial charge in [-0.05, 0) is 12.8 Å². The van der Waals surface area contributed by atoms with Gasteiger partial charge in [0, 0.05) is 18.8 Å². The van der Waals surface area contributed by atoms with Crippen molar-refractivity contribution in [2.75, 3.05) is 0 Å². The lowest BCUT2D eigenvalue weighted by Gasteiger charge is -2.25. The minimum atomic E-state index is -2.55. The van der Waals surface area contributed by atoms with E-state index < -0.39 is 5.92 Å². The summed E-state index contributed by atoms with van der Waals surface area (Å²) >= 11 is 0. The standard InChI is InChI=1S/C9H12F2N2O2/c10-9(11)3-1-6(2-4-9)8-12-7(5-14)13-15-8/h6,14H,1-5H2. The van der Waals surface area contributed by atoms with Gasteiger partial charge < -0.3 is 9.63 Å². The molecule has 1 N–H and O–H groups in total. The molecule has 0 amide bonds. The highest BCUT2D eigenvalue weighted by Gasteiger charge is 2.37. The zero-order valence-electron chi connectivity index (χ0n) is 8.12. The van der Waals surface area contributed by atoms with Crippen molar-refractivity contribution in [1.29, 1.82) is 0 Å². The van der Waals surface area contributed by atoms with Gasteiger partial charge >= 0.3 is 0 Å². The third-order valence-corrected chi connectivity index (χ3v) is 2.69. The number of aliphatic hydroxyl groups is 1. The van der Waals surface area contributed by atoms with Gasteiger partial charge in [-0.2, -0.15) is 4.98 Å². The molecule has 1 aromatic rings. The van der Waals surface area contributed by atoms with Crippen LogP contribution in [-0.2, 0) is 6.61 Å². The summed E-state index contributed by atoms with van der Waals surface area (Å²) in [6.45, 7) is -0.285. The number of aromatic nitrogens is 2. The highest BCUT2D eigenvalue weighted by Crippen LogP contribution is 2.40. The van der Waals surface area contributed by atoms with E-state index in [-0.39, 0.29) is 31.2 Å². The largest absolute Gasteiger partial charge is 0.388 e. The molecule has 0 spiro atoms. The Morgan fingerprint density at radius 2 is 2.07 bits per heavy atom. The second-order valence-corrected chi connectivity index (χ2v) is 3.84. The summed E-state index contributed by atoms with van der Waals surface area (Å²) in [6.07, 6.45) is 0.461. The SMILES string of the molecule is OCc1noc(C2CCC(F)(F)CC2)n1. The van der Waals surface area contributed by atoms with Crippen molar-refractivity contribution in [3.05, 3.63) is 11.7 Å². The third-order valence-electron chi connectivity index (χ3n) is 2.69. The molecule has 0 aromatic carbocycles. The maximum atomic E-state index is 12.9. The van der Waals surface area contributed by atoms with E-state index in [1.54, 1.807) is 0 Å². The van der Waals surface area contributed by atoms with Crippen LogP contribution >= 0.6 is 0 Å². The van der Waals surface area contributed by atoms with Gasteiger partial charge in [0.15, 0.2) is 5.82 Å². The van der Waals surface area contributed by atoms with Crippen molar-refractivity contribution >= 4 is 0 Å². The Bertz CT molecular complexity index is 331. The fraction of sp³-hybridized carbons (Fsp3) is 0.778. The van der Waals surface area contributed by atoms with Gasteiger partial charge in [0.25, 0.3) is 0 Å². The molecule has 1 saturated carbocycles. The van der Waals surface area contributed by atoms with Gasteiger partial charge in [-0.15, -0.1) is 0 Å². The Balaban J connectivity index is 2.01. The van der Waals surface area contributed by atoms with Crippen LogP contribution in [0.25, 0.3) is 0 Å². The zero-order valence-corrected chi connectivity index (χ0v) is 8.12. The fourth-order valence-corrected chi connectivity index (χ4v) is 1.78. The monoisotopic (exact) mass is 218 g/mol. The first kappa shape index (κ1) is 10.5. The third kappa shape index (κ3) is 2.31. The topological polar surface area (TPSA) is 59.2 Å². The van der Waals surface area contributed by atoms with Crippen LogP contribution in [0.3, 0.4) is 0 Å². The molecule has 0 unspecified atom stereocenters. The van der Waals surface area contributed by atoms with Gasteiger partial charge in [0.2, 0.25) is 11.8 Å². The minimum Gasteiger partial charge on any atom is -0.388 e. The van der Waals surface area contributed by atoms with Crippen molar-refractivity contribution in [2.45, 2.75) is 44.1 Å². The molecule has 6 heteroatoms. The summed E-state index contributed by atoms with van der Waals surface area (Å²) < 4.78 is 30.6. The van der Waals surface area contributed by atoms with E-state index in [4.69, 9.17) is 9.63 Å². The minimum absolute atomic E-state index is 0.0857. The summed E-state index contributed by atoms with van der Waals surface area (Å²) in [7, 11) is 0. The molecule has 0 radical (unpaired) electrons. The van der Waals surface area contributed by atoms with Crippen LogP contribution in [0.4, 0.5) is 8.78 Å². The van der Waals surface area contributed by atoms with Crippen LogP contribution in [0.2, 0.25) is 0 Å². The number of hydrogen-bond donors (Lipinski definition) is 1. The Hall–Kier alpha value is -1.04. The van der Waals surface area contributed by atoms with Gasteiger partial charge in [-0.25, -0.2) is 8.78 Å². The van der Waals surface area contributed by atoms with Gasteiger partial charge in [-0.3, -0.25) is 0 Å². The Labute approximate surface area is 85.3 Å². The van der Waals surface area contributed by atoms with Crippen LogP contribution in [0, 0.1) is 0 Å². The second kappa shape index (κ2) is 3.84. The van der Waals surface area contributed by atoms with Crippen LogP contribution in [0.1, 0.15) is 43.3 Å². The number of aliphatic hydroxyl groups excluding tert-OH is 1. The lowest BCUT2D eigenvalue weighted by molar-refractivity contribution is -0.0402. The van der Waals surface area contributed by atoms with Crippen LogP contribution < -0.4 is 0 Å². The highest BCUT2D eigenvalue weighted by molar-refractivity contribution is 4.96. The van der Waals surface area contributed by atoms with Crippen LogP contribution in [0.15, 0.2) is 4.52 Å². The smallest absolute Gasteiger partial charge is 0.248 e. The van der Waals surface area contributed by atoms with Gasteiger partial charge in [-0.1, -0.05) is 5.16 Å². The molecular formula is C9H12F2N2O2. The van der Waals surface area contributed by atoms with Crippen molar-refractivity contribution in [3.63, 3.8) is 0 Å². The summed E-state index contributed by atoms with van der Waals surface area (Å²) in [4.78, 5) is 3.93. The van der Waals surface area contributed by atoms with E-state index in [0.29, 0.717) is 18.7 Å². The average molecular weight is 218 g/mol. The number of halogens is 2. The van der Waals surface area contributed by atoms with E-state index in [9.17, 15) is 8.78 Å². The Kier molecular flexibility index (Phi) is 2.68. The van der Waals surface area contributed by atoms with Crippen molar-refractivity contribution in [3.8, 4) is 0 Å². The molecule has 1 aliphatic carbocycles. The maximum absolute atomic E-state index is 12.9. The molecule has 1 aliphatic rings. The molecule has 15 heavy (non-hydrogen) atoms. The van der Waals surface area contributed by atoms with E-state index in [2.05, 4.69) is 10.1 Å². The summed E-state index contributed by atoms with van der Waals surface area (Å²) in [5.74, 6) is -2.05. The lowest BCUT2D eigenvalue weighted by Crippen LogP contribution is -2.23. The van der Waals surface area contributed by atoms with Gasteiger partial charge in [0.1, 0.15) is 6.61 Å². The lowest BCUT2D eigenvalue weighted by atomic mass is 9.87. The van der Waals surface area contributed by atoms with E-state index in [1.807, 2.05) is 0 Å². The Morgan fingerprint density at radius 3 is 2.60 bits per heavy atom. The quantitative estimate of drug-likeness (QED) is 0.823. The number of nitrogens with zero attached hydrogens (tertiary/aromatic N) is 2. The summed E-state index contributed by atoms with van der Waals surface area (Å²) in [6, 6.07) is 0. The van der Waals surface area contributed by atoms with E-state index in [0.717, 1.165) is 0 Å². The average Bonchev–Trinajstić information content (AvgIpc) is 2.66. The van der Waals surface area contributed by atoms with Crippen LogP contribution in [-0.4, -0.2) is 21.2 Å². The second-order valence-electron chi connectivity index (χ2n) is 3.84. The molecule has 4 nitrogen and oxygen atoms in total. The van der Waals surface area contributed by atoms with Gasteiger partial charge in [0.05, 0.1) is 0 Å². The van der Waals surface area contributed by atoms with Crippen LogP contribution in [0.5, 0.6) is 0 Å². The first-order chi connectivity index (χ1) is 7.11. The molecule has 0 atom stereocenters. The zero-order chi connectivity index (χ0) is 10.9. The number of rotatable bonds is 2. The molecule has 2 rings (SSSR count). The normalized spacial score (nSPS) is 21.8. The molecular weight excluding hydrogens is 206 g/mol. The molecule has 0 aliphatic heterocycles. The first-order valence-electron chi connectivity index (χ1n) is 4.92. The Morgan fingerprint density at radius 1 is 1.40 bits per heavy atom. The molecule has 0 saturated heterocycles. The predicted octanol–water partition coefficient (Wildman–Crippen LogP) is 1.85. The fourth-order valence-electron chi connectivity index (χ4n) is 1.78. The number of hydrogen-bond acceptors (Lipinski definition) is 4. The summed E-state index contributed by atoms with van der Waals surface area (Å²) in [5, 5.41) is 12.2.